The Morgan fingerprint density at radius 1 is 1.58 bits per heavy atom. The Morgan fingerprint density at radius 3 is 3.33 bits per heavy atom. The van der Waals surface area contributed by atoms with Crippen molar-refractivity contribution in [1.82, 2.24) is 10.2 Å². The third kappa shape index (κ3) is 1.63. The normalized spacial score (nSPS) is 37.8. The van der Waals surface area contributed by atoms with Crippen molar-refractivity contribution in [2.75, 3.05) is 32.8 Å². The number of nitrogens with zero attached hydrogens (tertiary/aromatic N) is 1. The lowest BCUT2D eigenvalue weighted by Gasteiger charge is -2.41. The lowest BCUT2D eigenvalue weighted by atomic mass is 10.0. The Kier molecular flexibility index (Phi) is 2.63. The summed E-state index contributed by atoms with van der Waals surface area (Å²) < 4.78 is 5.71. The summed E-state index contributed by atoms with van der Waals surface area (Å²) in [5, 5.41) is 3.51. The predicted molar refractivity (Wildman–Crippen MR) is 48.3 cm³/mol. The number of ether oxygens (including phenoxy) is 1. The molecule has 12 heavy (non-hydrogen) atoms. The summed E-state index contributed by atoms with van der Waals surface area (Å²) >= 11 is 0. The van der Waals surface area contributed by atoms with Gasteiger partial charge in [-0.05, 0) is 19.5 Å². The molecule has 2 aliphatic heterocycles. The fourth-order valence-corrected chi connectivity index (χ4v) is 2.12. The summed E-state index contributed by atoms with van der Waals surface area (Å²) in [4.78, 5) is 2.47. The molecule has 3 heteroatoms. The minimum absolute atomic E-state index is 0.451. The maximum atomic E-state index is 5.71. The highest BCUT2D eigenvalue weighted by Gasteiger charge is 2.30. The first-order valence-corrected chi connectivity index (χ1v) is 4.97. The summed E-state index contributed by atoms with van der Waals surface area (Å²) in [5.41, 5.74) is 0. The number of nitrogens with one attached hydrogen (secondary N) is 1. The highest BCUT2D eigenvalue weighted by molar-refractivity contribution is 4.88. The molecule has 0 spiro atoms. The lowest BCUT2D eigenvalue weighted by Crippen LogP contribution is -2.57. The monoisotopic (exact) mass is 170 g/mol. The number of likely N-dealkylation sites (tertiary alicyclic amines) is 1. The van der Waals surface area contributed by atoms with Gasteiger partial charge in [-0.15, -0.1) is 0 Å². The van der Waals surface area contributed by atoms with Crippen LogP contribution in [0.5, 0.6) is 0 Å². The minimum atomic E-state index is 0.451. The average Bonchev–Trinajstić information content (AvgIpc) is 2.17. The van der Waals surface area contributed by atoms with E-state index in [1.165, 1.54) is 13.0 Å². The molecule has 0 saturated carbocycles. The van der Waals surface area contributed by atoms with Gasteiger partial charge in [0.05, 0.1) is 12.7 Å². The van der Waals surface area contributed by atoms with Gasteiger partial charge in [-0.2, -0.15) is 0 Å². The van der Waals surface area contributed by atoms with Crippen LogP contribution in [-0.2, 0) is 4.74 Å². The van der Waals surface area contributed by atoms with Crippen LogP contribution in [-0.4, -0.2) is 49.8 Å². The zero-order chi connectivity index (χ0) is 8.39. The van der Waals surface area contributed by atoms with E-state index >= 15 is 0 Å². The lowest BCUT2D eigenvalue weighted by molar-refractivity contribution is -0.0459. The summed E-state index contributed by atoms with van der Waals surface area (Å²) in [6.45, 7) is 7.65. The molecule has 2 heterocycles. The molecule has 70 valence electrons. The second-order valence-corrected chi connectivity index (χ2v) is 3.65. The van der Waals surface area contributed by atoms with Gasteiger partial charge in [0.25, 0.3) is 0 Å². The summed E-state index contributed by atoms with van der Waals surface area (Å²) in [6.07, 6.45) is 1.70. The van der Waals surface area contributed by atoms with E-state index in [0.717, 1.165) is 26.2 Å². The smallest absolute Gasteiger partial charge is 0.0855 e. The topological polar surface area (TPSA) is 24.5 Å². The average molecular weight is 170 g/mol. The molecule has 2 aliphatic rings. The fraction of sp³-hybridized carbons (Fsp3) is 1.00. The second kappa shape index (κ2) is 3.73. The van der Waals surface area contributed by atoms with E-state index < -0.39 is 0 Å². The summed E-state index contributed by atoms with van der Waals surface area (Å²) in [6, 6.07) is 0.626. The van der Waals surface area contributed by atoms with Crippen molar-refractivity contribution >= 4 is 0 Å². The van der Waals surface area contributed by atoms with Crippen molar-refractivity contribution in [1.29, 1.82) is 0 Å². The van der Waals surface area contributed by atoms with E-state index in [4.69, 9.17) is 4.74 Å². The molecule has 0 aliphatic carbocycles. The molecule has 0 amide bonds. The number of likely N-dealkylation sites (N-methyl/N-ethyl adjacent to an activating group) is 1. The summed E-state index contributed by atoms with van der Waals surface area (Å²) in [7, 11) is 0. The number of morpholine rings is 1. The zero-order valence-electron chi connectivity index (χ0n) is 7.75. The molecule has 0 aromatic rings. The maximum absolute atomic E-state index is 5.71. The zero-order valence-corrected chi connectivity index (χ0v) is 7.75. The van der Waals surface area contributed by atoms with Crippen LogP contribution < -0.4 is 5.32 Å². The van der Waals surface area contributed by atoms with Crippen LogP contribution in [0.4, 0.5) is 0 Å². The number of fused-ring (bicyclic) bond motifs is 1. The number of hydrogen-bond donors (Lipinski definition) is 1. The molecule has 2 fully saturated rings. The Bertz CT molecular complexity index is 151. The Morgan fingerprint density at radius 2 is 2.50 bits per heavy atom. The van der Waals surface area contributed by atoms with Gasteiger partial charge in [0.1, 0.15) is 0 Å². The van der Waals surface area contributed by atoms with Crippen LogP contribution in [0.15, 0.2) is 0 Å². The van der Waals surface area contributed by atoms with E-state index in [-0.39, 0.29) is 0 Å². The van der Waals surface area contributed by atoms with Crippen LogP contribution in [0.25, 0.3) is 0 Å². The van der Waals surface area contributed by atoms with Crippen molar-refractivity contribution < 1.29 is 4.74 Å². The molecule has 0 aromatic heterocycles. The van der Waals surface area contributed by atoms with Crippen LogP contribution in [0.2, 0.25) is 0 Å². The van der Waals surface area contributed by atoms with Gasteiger partial charge < -0.3 is 15.0 Å². The van der Waals surface area contributed by atoms with E-state index in [1.807, 2.05) is 0 Å². The molecular weight excluding hydrogens is 152 g/mol. The molecule has 2 saturated heterocycles. The fourth-order valence-electron chi connectivity index (χ4n) is 2.12. The standard InChI is InChI=1S/C9H18N2O/c1-2-11-5-3-8-9(7-11)12-6-4-10-8/h8-10H,2-7H2,1H3/t8-,9+/m0/s1. The molecule has 2 atom stereocenters. The van der Waals surface area contributed by atoms with Crippen molar-refractivity contribution in [3.63, 3.8) is 0 Å². The van der Waals surface area contributed by atoms with E-state index in [0.29, 0.717) is 12.1 Å². The first-order chi connectivity index (χ1) is 5.90. The van der Waals surface area contributed by atoms with Gasteiger partial charge in [-0.3, -0.25) is 0 Å². The Balaban J connectivity index is 1.90. The van der Waals surface area contributed by atoms with Crippen LogP contribution in [0.3, 0.4) is 0 Å². The number of hydrogen-bond acceptors (Lipinski definition) is 3. The molecule has 1 N–H and O–H groups in total. The SMILES string of the molecule is CCN1CC[C@@H]2NCCO[C@@H]2C1. The highest BCUT2D eigenvalue weighted by atomic mass is 16.5. The van der Waals surface area contributed by atoms with Crippen LogP contribution in [0, 0.1) is 0 Å². The molecule has 0 radical (unpaired) electrons. The third-order valence-corrected chi connectivity index (χ3v) is 2.93. The first-order valence-electron chi connectivity index (χ1n) is 4.97. The van der Waals surface area contributed by atoms with E-state index in [2.05, 4.69) is 17.1 Å². The molecule has 3 nitrogen and oxygen atoms in total. The molecular formula is C9H18N2O. The van der Waals surface area contributed by atoms with E-state index in [9.17, 15) is 0 Å². The quantitative estimate of drug-likeness (QED) is 0.602. The number of piperidine rings is 1. The van der Waals surface area contributed by atoms with Gasteiger partial charge in [-0.1, -0.05) is 6.92 Å². The minimum Gasteiger partial charge on any atom is -0.374 e. The molecule has 2 rings (SSSR count). The van der Waals surface area contributed by atoms with Crippen LogP contribution in [0.1, 0.15) is 13.3 Å². The van der Waals surface area contributed by atoms with Gasteiger partial charge >= 0.3 is 0 Å². The summed E-state index contributed by atoms with van der Waals surface area (Å²) in [5.74, 6) is 0. The Hall–Kier alpha value is -0.120. The molecule has 0 unspecified atom stereocenters. The van der Waals surface area contributed by atoms with E-state index in [1.54, 1.807) is 0 Å². The highest BCUT2D eigenvalue weighted by Crippen LogP contribution is 2.15. The van der Waals surface area contributed by atoms with Gasteiger partial charge in [0.15, 0.2) is 0 Å². The predicted octanol–water partition coefficient (Wildman–Crippen LogP) is 0.0690. The van der Waals surface area contributed by atoms with Crippen molar-refractivity contribution in [2.24, 2.45) is 0 Å². The molecule has 0 aromatic carbocycles. The maximum Gasteiger partial charge on any atom is 0.0855 e. The van der Waals surface area contributed by atoms with Gasteiger partial charge in [0, 0.05) is 19.1 Å². The second-order valence-electron chi connectivity index (χ2n) is 3.65. The van der Waals surface area contributed by atoms with Crippen molar-refractivity contribution in [3.8, 4) is 0 Å². The first kappa shape index (κ1) is 8.48. The Labute approximate surface area is 74.1 Å². The van der Waals surface area contributed by atoms with Crippen molar-refractivity contribution in [2.45, 2.75) is 25.5 Å². The largest absolute Gasteiger partial charge is 0.374 e. The van der Waals surface area contributed by atoms with Gasteiger partial charge in [-0.25, -0.2) is 0 Å². The van der Waals surface area contributed by atoms with Gasteiger partial charge in [0.2, 0.25) is 0 Å². The third-order valence-electron chi connectivity index (χ3n) is 2.93. The van der Waals surface area contributed by atoms with Crippen molar-refractivity contribution in [3.05, 3.63) is 0 Å². The number of rotatable bonds is 1. The van der Waals surface area contributed by atoms with Crippen LogP contribution >= 0.6 is 0 Å². The molecule has 0 bridgehead atoms.